The first-order chi connectivity index (χ1) is 12.7. The summed E-state index contributed by atoms with van der Waals surface area (Å²) in [6.07, 6.45) is 5.82. The van der Waals surface area contributed by atoms with Crippen molar-refractivity contribution in [1.29, 1.82) is 0 Å². The lowest BCUT2D eigenvalue weighted by molar-refractivity contribution is 0.0890. The van der Waals surface area contributed by atoms with Crippen LogP contribution in [0.3, 0.4) is 0 Å². The molecule has 1 fully saturated rings. The smallest absolute Gasteiger partial charge is 0.141 e. The van der Waals surface area contributed by atoms with E-state index in [0.717, 1.165) is 48.7 Å². The third-order valence-electron chi connectivity index (χ3n) is 5.40. The molecule has 1 aliphatic heterocycles. The van der Waals surface area contributed by atoms with E-state index in [1.54, 1.807) is 23.9 Å². The maximum atomic E-state index is 10.7. The molecule has 0 amide bonds. The van der Waals surface area contributed by atoms with Crippen molar-refractivity contribution in [3.63, 3.8) is 0 Å². The monoisotopic (exact) mass is 368 g/mol. The van der Waals surface area contributed by atoms with Crippen molar-refractivity contribution in [3.8, 4) is 0 Å². The van der Waals surface area contributed by atoms with Crippen molar-refractivity contribution >= 4 is 27.4 Å². The molecule has 1 saturated heterocycles. The fraction of sp³-hybridized carbons (Fsp3) is 0.450. The average molecular weight is 369 g/mol. The number of aromatic nitrogens is 3. The fourth-order valence-electron chi connectivity index (χ4n) is 3.97. The zero-order chi connectivity index (χ0) is 18.1. The number of aliphatic hydroxyl groups is 1. The van der Waals surface area contributed by atoms with Crippen LogP contribution in [0.2, 0.25) is 0 Å². The van der Waals surface area contributed by atoms with Gasteiger partial charge < -0.3 is 10.0 Å². The summed E-state index contributed by atoms with van der Waals surface area (Å²) in [6.45, 7) is 6.17. The molecule has 0 spiro atoms. The Morgan fingerprint density at radius 3 is 2.73 bits per heavy atom. The molecule has 1 N–H and O–H groups in total. The van der Waals surface area contributed by atoms with E-state index in [-0.39, 0.29) is 5.92 Å². The van der Waals surface area contributed by atoms with E-state index in [9.17, 15) is 5.11 Å². The maximum Gasteiger partial charge on any atom is 0.141 e. The molecule has 136 valence electrons. The number of fused-ring (bicyclic) bond motifs is 1. The Bertz CT molecular complexity index is 887. The summed E-state index contributed by atoms with van der Waals surface area (Å²) in [6, 6.07) is 5.73. The molecule has 3 aromatic heterocycles. The van der Waals surface area contributed by atoms with Gasteiger partial charge in [0.05, 0.1) is 17.2 Å². The van der Waals surface area contributed by atoms with E-state index < -0.39 is 6.10 Å². The Kier molecular flexibility index (Phi) is 4.87. The highest BCUT2D eigenvalue weighted by atomic mass is 32.1. The Balaban J connectivity index is 1.54. The average Bonchev–Trinajstić information content (AvgIpc) is 3.03. The second kappa shape index (κ2) is 7.29. The van der Waals surface area contributed by atoms with Gasteiger partial charge in [0, 0.05) is 24.2 Å². The summed E-state index contributed by atoms with van der Waals surface area (Å²) >= 11 is 1.76. The summed E-state index contributed by atoms with van der Waals surface area (Å²) in [5.74, 6) is 1.30. The molecule has 1 aliphatic rings. The zero-order valence-corrected chi connectivity index (χ0v) is 16.0. The maximum absolute atomic E-state index is 10.7. The number of rotatable bonds is 4. The molecular formula is C20H24N4OS. The molecule has 1 unspecified atom stereocenters. The SMILES string of the molecule is CCc1c(C)sc2ncnc(N3CCC(C(O)c4ccccn4)CC3)c12. The lowest BCUT2D eigenvalue weighted by Crippen LogP contribution is -2.36. The van der Waals surface area contributed by atoms with Crippen LogP contribution in [-0.2, 0) is 6.42 Å². The molecule has 0 aromatic carbocycles. The first kappa shape index (κ1) is 17.4. The fourth-order valence-corrected chi connectivity index (χ4v) is 5.05. The molecule has 3 aromatic rings. The van der Waals surface area contributed by atoms with Gasteiger partial charge in [0.15, 0.2) is 0 Å². The minimum atomic E-state index is -0.488. The molecule has 4 heterocycles. The molecule has 26 heavy (non-hydrogen) atoms. The van der Waals surface area contributed by atoms with Crippen molar-refractivity contribution in [2.75, 3.05) is 18.0 Å². The molecule has 0 bridgehead atoms. The number of pyridine rings is 1. The van der Waals surface area contributed by atoms with E-state index in [1.807, 2.05) is 18.2 Å². The van der Waals surface area contributed by atoms with Crippen LogP contribution in [0.5, 0.6) is 0 Å². The van der Waals surface area contributed by atoms with Crippen LogP contribution in [0.15, 0.2) is 30.7 Å². The van der Waals surface area contributed by atoms with Crippen molar-refractivity contribution in [1.82, 2.24) is 15.0 Å². The highest BCUT2D eigenvalue weighted by Crippen LogP contribution is 2.37. The molecule has 1 atom stereocenters. The first-order valence-corrected chi connectivity index (χ1v) is 10.1. The van der Waals surface area contributed by atoms with Crippen molar-refractivity contribution in [2.45, 2.75) is 39.2 Å². The van der Waals surface area contributed by atoms with E-state index >= 15 is 0 Å². The summed E-state index contributed by atoms with van der Waals surface area (Å²) < 4.78 is 0. The first-order valence-electron chi connectivity index (χ1n) is 9.26. The minimum absolute atomic E-state index is 0.244. The normalized spacial score (nSPS) is 17.0. The van der Waals surface area contributed by atoms with Crippen LogP contribution in [0.1, 0.15) is 42.0 Å². The number of nitrogens with zero attached hydrogens (tertiary/aromatic N) is 4. The molecule has 0 aliphatic carbocycles. The van der Waals surface area contributed by atoms with Crippen LogP contribution in [-0.4, -0.2) is 33.1 Å². The van der Waals surface area contributed by atoms with Crippen molar-refractivity contribution in [2.24, 2.45) is 5.92 Å². The number of hydrogen-bond donors (Lipinski definition) is 1. The number of thiophene rings is 1. The molecule has 0 radical (unpaired) electrons. The molecule has 6 heteroatoms. The molecule has 0 saturated carbocycles. The lowest BCUT2D eigenvalue weighted by atomic mass is 9.89. The van der Waals surface area contributed by atoms with Crippen LogP contribution in [0.25, 0.3) is 10.2 Å². The van der Waals surface area contributed by atoms with Crippen molar-refractivity contribution in [3.05, 3.63) is 46.9 Å². The Morgan fingerprint density at radius 1 is 1.23 bits per heavy atom. The summed E-state index contributed by atoms with van der Waals surface area (Å²) in [5, 5.41) is 11.9. The van der Waals surface area contributed by atoms with Gasteiger partial charge in [-0.25, -0.2) is 9.97 Å². The largest absolute Gasteiger partial charge is 0.387 e. The number of anilines is 1. The number of piperidine rings is 1. The van der Waals surface area contributed by atoms with E-state index in [4.69, 9.17) is 0 Å². The highest BCUT2D eigenvalue weighted by molar-refractivity contribution is 7.18. The van der Waals surface area contributed by atoms with Gasteiger partial charge in [-0.1, -0.05) is 13.0 Å². The van der Waals surface area contributed by atoms with Crippen LogP contribution in [0.4, 0.5) is 5.82 Å². The molecular weight excluding hydrogens is 344 g/mol. The number of aryl methyl sites for hydroxylation is 2. The van der Waals surface area contributed by atoms with Gasteiger partial charge in [-0.15, -0.1) is 11.3 Å². The van der Waals surface area contributed by atoms with Gasteiger partial charge in [-0.05, 0) is 49.8 Å². The van der Waals surface area contributed by atoms with Gasteiger partial charge >= 0.3 is 0 Å². The van der Waals surface area contributed by atoms with Crippen LogP contribution < -0.4 is 4.90 Å². The predicted molar refractivity (Wildman–Crippen MR) is 106 cm³/mol. The second-order valence-electron chi connectivity index (χ2n) is 6.89. The quantitative estimate of drug-likeness (QED) is 0.756. The predicted octanol–water partition coefficient (Wildman–Crippen LogP) is 3.91. The Morgan fingerprint density at radius 2 is 2.04 bits per heavy atom. The van der Waals surface area contributed by atoms with E-state index in [2.05, 4.69) is 33.7 Å². The summed E-state index contributed by atoms with van der Waals surface area (Å²) in [7, 11) is 0. The third kappa shape index (κ3) is 3.08. The van der Waals surface area contributed by atoms with Gasteiger partial charge in [-0.2, -0.15) is 0 Å². The van der Waals surface area contributed by atoms with Crippen molar-refractivity contribution < 1.29 is 5.11 Å². The molecule has 5 nitrogen and oxygen atoms in total. The van der Waals surface area contributed by atoms with Gasteiger partial charge in [-0.3, -0.25) is 4.98 Å². The topological polar surface area (TPSA) is 62.1 Å². The van der Waals surface area contributed by atoms with Gasteiger partial charge in [0.1, 0.15) is 17.0 Å². The Labute approximate surface area is 157 Å². The highest BCUT2D eigenvalue weighted by Gasteiger charge is 2.29. The standard InChI is InChI=1S/C20H24N4OS/c1-3-15-13(2)26-20-17(15)19(22-12-23-20)24-10-7-14(8-11-24)18(25)16-6-4-5-9-21-16/h4-6,9,12,14,18,25H,3,7-8,10-11H2,1-2H3. The minimum Gasteiger partial charge on any atom is -0.387 e. The molecule has 4 rings (SSSR count). The van der Waals surface area contributed by atoms with Gasteiger partial charge in [0.2, 0.25) is 0 Å². The second-order valence-corrected chi connectivity index (χ2v) is 8.09. The number of hydrogen-bond acceptors (Lipinski definition) is 6. The van der Waals surface area contributed by atoms with E-state index in [0.29, 0.717) is 0 Å². The Hall–Kier alpha value is -2.05. The van der Waals surface area contributed by atoms with Gasteiger partial charge in [0.25, 0.3) is 0 Å². The summed E-state index contributed by atoms with van der Waals surface area (Å²) in [5.41, 5.74) is 2.15. The summed E-state index contributed by atoms with van der Waals surface area (Å²) in [4.78, 5) is 18.2. The lowest BCUT2D eigenvalue weighted by Gasteiger charge is -2.35. The zero-order valence-electron chi connectivity index (χ0n) is 15.2. The van der Waals surface area contributed by atoms with Crippen LogP contribution in [0, 0.1) is 12.8 Å². The van der Waals surface area contributed by atoms with Crippen LogP contribution >= 0.6 is 11.3 Å². The number of aliphatic hydroxyl groups excluding tert-OH is 1. The van der Waals surface area contributed by atoms with E-state index in [1.165, 1.54) is 15.8 Å². The third-order valence-corrected chi connectivity index (χ3v) is 6.45.